The Morgan fingerprint density at radius 3 is 2.37 bits per heavy atom. The number of pyridine rings is 1. The van der Waals surface area contributed by atoms with E-state index in [9.17, 15) is 18.3 Å². The Labute approximate surface area is 253 Å². The first-order valence-corrected chi connectivity index (χ1v) is 17.2. The number of sulfonamides is 1. The third-order valence-electron chi connectivity index (χ3n) is 10.3. The van der Waals surface area contributed by atoms with Crippen LogP contribution < -0.4 is 20.0 Å². The summed E-state index contributed by atoms with van der Waals surface area (Å²) in [6, 6.07) is 12.1. The fourth-order valence-electron chi connectivity index (χ4n) is 8.52. The Morgan fingerprint density at radius 1 is 1.00 bits per heavy atom. The number of rotatable bonds is 7. The zero-order valence-corrected chi connectivity index (χ0v) is 25.6. The van der Waals surface area contributed by atoms with Gasteiger partial charge >= 0.3 is 6.03 Å². The van der Waals surface area contributed by atoms with Crippen molar-refractivity contribution >= 4 is 38.9 Å². The molecule has 0 radical (unpaired) electrons. The molecule has 5 atom stereocenters. The van der Waals surface area contributed by atoms with Crippen LogP contribution in [0.25, 0.3) is 0 Å². The van der Waals surface area contributed by atoms with Crippen LogP contribution in [-0.4, -0.2) is 99.2 Å². The number of urea groups is 1. The molecule has 2 N–H and O–H groups in total. The highest BCUT2D eigenvalue weighted by Gasteiger charge is 2.55. The van der Waals surface area contributed by atoms with Crippen molar-refractivity contribution in [3.63, 3.8) is 0 Å². The summed E-state index contributed by atoms with van der Waals surface area (Å²) in [6.07, 6.45) is 6.62. The number of hydrogen-bond acceptors (Lipinski definition) is 8. The second kappa shape index (κ2) is 11.2. The van der Waals surface area contributed by atoms with Gasteiger partial charge in [-0.1, -0.05) is 12.1 Å². The summed E-state index contributed by atoms with van der Waals surface area (Å²) in [6.45, 7) is 3.45. The number of amides is 2. The maximum atomic E-state index is 13.7. The molecule has 2 aromatic rings. The third kappa shape index (κ3) is 5.47. The zero-order valence-electron chi connectivity index (χ0n) is 24.8. The fourth-order valence-corrected chi connectivity index (χ4v) is 9.87. The van der Waals surface area contributed by atoms with Gasteiger partial charge in [-0.3, -0.25) is 4.90 Å². The molecule has 4 saturated carbocycles. The molecule has 6 aliphatic rings. The molecule has 43 heavy (non-hydrogen) atoms. The minimum atomic E-state index is -3.31. The number of nitrogens with zero attached hydrogens (tertiary/aromatic N) is 5. The second-order valence-corrected chi connectivity index (χ2v) is 15.1. The van der Waals surface area contributed by atoms with Crippen LogP contribution in [0.1, 0.15) is 32.1 Å². The van der Waals surface area contributed by atoms with Gasteiger partial charge in [0, 0.05) is 52.4 Å². The summed E-state index contributed by atoms with van der Waals surface area (Å²) in [4.78, 5) is 24.7. The Kier molecular flexibility index (Phi) is 7.51. The molecule has 1 aromatic carbocycles. The number of carbonyl (C=O) groups excluding carboxylic acids is 1. The largest absolute Gasteiger partial charge is 0.390 e. The maximum Gasteiger partial charge on any atom is 0.322 e. The van der Waals surface area contributed by atoms with E-state index in [4.69, 9.17) is 9.72 Å². The molecule has 2 aliphatic heterocycles. The van der Waals surface area contributed by atoms with Crippen molar-refractivity contribution in [1.82, 2.24) is 14.6 Å². The van der Waals surface area contributed by atoms with Crippen LogP contribution in [0.2, 0.25) is 0 Å². The number of piperazine rings is 1. The molecule has 3 unspecified atom stereocenters. The second-order valence-electron chi connectivity index (χ2n) is 13.0. The van der Waals surface area contributed by atoms with Gasteiger partial charge in [-0.05, 0) is 74.1 Å². The quantitative estimate of drug-likeness (QED) is 0.492. The molecular weight excluding hydrogens is 568 g/mol. The number of fused-ring (bicyclic) bond motifs is 1. The predicted molar refractivity (Wildman–Crippen MR) is 165 cm³/mol. The molecule has 4 aliphatic carbocycles. The average molecular weight is 611 g/mol. The van der Waals surface area contributed by atoms with Gasteiger partial charge in [0.2, 0.25) is 10.0 Å². The number of ether oxygens (including phenoxy) is 1. The van der Waals surface area contributed by atoms with E-state index in [0.29, 0.717) is 57.0 Å². The Balaban J connectivity index is 1.01. The number of para-hydroxylation sites is 2. The van der Waals surface area contributed by atoms with E-state index in [1.165, 1.54) is 7.11 Å². The first kappa shape index (κ1) is 28.8. The molecule has 2 amide bonds. The van der Waals surface area contributed by atoms with Crippen LogP contribution in [0.3, 0.4) is 0 Å². The Morgan fingerprint density at radius 2 is 1.72 bits per heavy atom. The van der Waals surface area contributed by atoms with Crippen LogP contribution >= 0.6 is 0 Å². The van der Waals surface area contributed by atoms with E-state index in [0.717, 1.165) is 55.0 Å². The van der Waals surface area contributed by atoms with Crippen LogP contribution in [-0.2, 0) is 14.8 Å². The van der Waals surface area contributed by atoms with Crippen molar-refractivity contribution in [2.24, 2.45) is 17.8 Å². The van der Waals surface area contributed by atoms with Crippen molar-refractivity contribution in [3.05, 3.63) is 42.6 Å². The minimum absolute atomic E-state index is 0.00251. The SMILES string of the molecule is COCCS(=O)(=O)N1CCN(c2ccc(N3CCN(C(=O)NC4[C@@H]5CC6C[C@H]4CC(O)(C6)C5)c4ccccc43)nc2)CC1. The maximum absolute atomic E-state index is 13.7. The molecule has 1 saturated heterocycles. The lowest BCUT2D eigenvalue weighted by molar-refractivity contribution is -0.136. The Hall–Kier alpha value is -2.93. The van der Waals surface area contributed by atoms with E-state index in [2.05, 4.69) is 15.1 Å². The van der Waals surface area contributed by atoms with E-state index in [1.807, 2.05) is 47.5 Å². The van der Waals surface area contributed by atoms with Gasteiger partial charge in [-0.25, -0.2) is 18.2 Å². The highest BCUT2D eigenvalue weighted by Crippen LogP contribution is 2.55. The topological polar surface area (TPSA) is 119 Å². The molecule has 5 fully saturated rings. The van der Waals surface area contributed by atoms with Gasteiger partial charge in [0.1, 0.15) is 5.82 Å². The molecule has 1 aromatic heterocycles. The van der Waals surface area contributed by atoms with Crippen LogP contribution in [0.15, 0.2) is 42.6 Å². The third-order valence-corrected chi connectivity index (χ3v) is 12.2. The van der Waals surface area contributed by atoms with Crippen LogP contribution in [0.4, 0.5) is 27.7 Å². The van der Waals surface area contributed by atoms with Gasteiger partial charge < -0.3 is 25.0 Å². The lowest BCUT2D eigenvalue weighted by Gasteiger charge is -2.58. The summed E-state index contributed by atoms with van der Waals surface area (Å²) in [5.74, 6) is 2.14. The number of aliphatic hydroxyl groups is 1. The number of carbonyl (C=O) groups is 1. The molecule has 0 spiro atoms. The average Bonchev–Trinajstić information content (AvgIpc) is 3.00. The standard InChI is InChI=1S/C31H42N6O5S/c1-42-14-15-43(40,41)35-10-8-34(9-11-35)25-6-7-28(32-21-25)36-12-13-37(27-5-3-2-4-26(27)36)30(38)33-29-23-16-22-17-24(29)20-31(39,18-22)19-23/h2-7,21-24,29,39H,8-20H2,1H3,(H,33,38)/t22?,23-,24+,29?,31?. The van der Waals surface area contributed by atoms with Gasteiger partial charge in [0.25, 0.3) is 0 Å². The molecule has 8 rings (SSSR count). The van der Waals surface area contributed by atoms with Crippen molar-refractivity contribution < 1.29 is 23.1 Å². The van der Waals surface area contributed by atoms with Crippen molar-refractivity contribution in [3.8, 4) is 0 Å². The number of methoxy groups -OCH3 is 1. The van der Waals surface area contributed by atoms with E-state index >= 15 is 0 Å². The lowest BCUT2D eigenvalue weighted by Crippen LogP contribution is -2.63. The van der Waals surface area contributed by atoms with Gasteiger partial charge in [-0.2, -0.15) is 4.31 Å². The first-order valence-electron chi connectivity index (χ1n) is 15.6. The predicted octanol–water partition coefficient (Wildman–Crippen LogP) is 2.79. The van der Waals surface area contributed by atoms with Crippen molar-refractivity contribution in [2.75, 3.05) is 73.4 Å². The van der Waals surface area contributed by atoms with E-state index in [1.54, 1.807) is 4.31 Å². The van der Waals surface area contributed by atoms with Gasteiger partial charge in [0.05, 0.1) is 41.2 Å². The van der Waals surface area contributed by atoms with E-state index in [-0.39, 0.29) is 24.4 Å². The molecular formula is C31H42N6O5S. The highest BCUT2D eigenvalue weighted by molar-refractivity contribution is 7.89. The van der Waals surface area contributed by atoms with Crippen LogP contribution in [0.5, 0.6) is 0 Å². The van der Waals surface area contributed by atoms with Gasteiger partial charge in [0.15, 0.2) is 0 Å². The molecule has 232 valence electrons. The lowest BCUT2D eigenvalue weighted by atomic mass is 9.52. The normalized spacial score (nSPS) is 30.4. The number of aromatic nitrogens is 1. The summed E-state index contributed by atoms with van der Waals surface area (Å²) >= 11 is 0. The van der Waals surface area contributed by atoms with Gasteiger partial charge in [-0.15, -0.1) is 0 Å². The fraction of sp³-hybridized carbons (Fsp3) is 0.613. The number of benzene rings is 1. The monoisotopic (exact) mass is 610 g/mol. The summed E-state index contributed by atoms with van der Waals surface area (Å²) in [7, 11) is -1.80. The molecule has 12 heteroatoms. The number of anilines is 4. The number of hydrogen-bond donors (Lipinski definition) is 2. The first-order chi connectivity index (χ1) is 20.7. The van der Waals surface area contributed by atoms with Crippen LogP contribution in [0, 0.1) is 17.8 Å². The molecule has 4 bridgehead atoms. The summed E-state index contributed by atoms with van der Waals surface area (Å²) < 4.78 is 31.5. The van der Waals surface area contributed by atoms with Crippen molar-refractivity contribution in [2.45, 2.75) is 43.7 Å². The Bertz CT molecular complexity index is 1430. The zero-order chi connectivity index (χ0) is 29.8. The summed E-state index contributed by atoms with van der Waals surface area (Å²) in [5, 5.41) is 14.4. The number of nitrogens with one attached hydrogen (secondary N) is 1. The van der Waals surface area contributed by atoms with Crippen molar-refractivity contribution in [1.29, 1.82) is 0 Å². The van der Waals surface area contributed by atoms with E-state index < -0.39 is 15.6 Å². The smallest absolute Gasteiger partial charge is 0.322 e. The molecule has 11 nitrogen and oxygen atoms in total. The minimum Gasteiger partial charge on any atom is -0.390 e. The highest BCUT2D eigenvalue weighted by atomic mass is 32.2. The summed E-state index contributed by atoms with van der Waals surface area (Å²) in [5.41, 5.74) is 2.26. The molecule has 3 heterocycles.